The van der Waals surface area contributed by atoms with Crippen LogP contribution in [0.25, 0.3) is 0 Å². The summed E-state index contributed by atoms with van der Waals surface area (Å²) in [4.78, 5) is 12.7. The van der Waals surface area contributed by atoms with Crippen LogP contribution in [0.2, 0.25) is 0 Å². The highest BCUT2D eigenvalue weighted by molar-refractivity contribution is 5.96. The second kappa shape index (κ2) is 6.86. The molecular weight excluding hydrogens is 252 g/mol. The zero-order valence-electron chi connectivity index (χ0n) is 12.1. The maximum atomic E-state index is 12.7. The summed E-state index contributed by atoms with van der Waals surface area (Å²) in [6.45, 7) is 3.79. The van der Waals surface area contributed by atoms with E-state index in [-0.39, 0.29) is 17.9 Å². The van der Waals surface area contributed by atoms with Gasteiger partial charge < -0.3 is 15.7 Å². The van der Waals surface area contributed by atoms with E-state index < -0.39 is 0 Å². The number of benzene rings is 1. The second-order valence-corrected chi connectivity index (χ2v) is 5.58. The number of nitrogens with one attached hydrogen (secondary N) is 2. The number of aliphatic hydroxyl groups excluding tert-OH is 1. The summed E-state index contributed by atoms with van der Waals surface area (Å²) in [6.07, 6.45) is 3.86. The lowest BCUT2D eigenvalue weighted by Crippen LogP contribution is -2.48. The Bertz CT molecular complexity index is 448. The van der Waals surface area contributed by atoms with Gasteiger partial charge in [0, 0.05) is 17.8 Å². The van der Waals surface area contributed by atoms with Gasteiger partial charge in [-0.25, -0.2) is 0 Å². The van der Waals surface area contributed by atoms with Gasteiger partial charge >= 0.3 is 0 Å². The highest BCUT2D eigenvalue weighted by Crippen LogP contribution is 2.33. The molecule has 0 saturated carbocycles. The van der Waals surface area contributed by atoms with E-state index in [9.17, 15) is 9.90 Å². The van der Waals surface area contributed by atoms with Gasteiger partial charge in [0.15, 0.2) is 0 Å². The molecule has 1 aliphatic heterocycles. The molecule has 1 saturated heterocycles. The SMILES string of the molecule is CCCC1(C(=O)Nc2ccccc2CO)CCCNC1. The van der Waals surface area contributed by atoms with Crippen molar-refractivity contribution in [3.8, 4) is 0 Å². The molecule has 1 amide bonds. The van der Waals surface area contributed by atoms with Crippen molar-refractivity contribution in [2.75, 3.05) is 18.4 Å². The van der Waals surface area contributed by atoms with Gasteiger partial charge in [0.05, 0.1) is 12.0 Å². The smallest absolute Gasteiger partial charge is 0.231 e. The first-order chi connectivity index (χ1) is 9.72. The van der Waals surface area contributed by atoms with E-state index >= 15 is 0 Å². The molecule has 0 aliphatic carbocycles. The summed E-state index contributed by atoms with van der Waals surface area (Å²) in [5.74, 6) is 0.0763. The Labute approximate surface area is 120 Å². The zero-order valence-corrected chi connectivity index (χ0v) is 12.1. The number of hydrogen-bond acceptors (Lipinski definition) is 3. The maximum absolute atomic E-state index is 12.7. The molecule has 1 heterocycles. The van der Waals surface area contributed by atoms with Crippen molar-refractivity contribution < 1.29 is 9.90 Å². The van der Waals surface area contributed by atoms with Crippen LogP contribution >= 0.6 is 0 Å². The average Bonchev–Trinajstić information content (AvgIpc) is 2.49. The third-order valence-electron chi connectivity index (χ3n) is 4.12. The molecule has 1 aromatic rings. The molecule has 1 aliphatic rings. The molecule has 0 bridgehead atoms. The molecule has 1 unspecified atom stereocenters. The number of hydrogen-bond donors (Lipinski definition) is 3. The number of carbonyl (C=O) groups is 1. The van der Waals surface area contributed by atoms with E-state index in [2.05, 4.69) is 17.6 Å². The van der Waals surface area contributed by atoms with Gasteiger partial charge in [-0.05, 0) is 31.9 Å². The van der Waals surface area contributed by atoms with Crippen LogP contribution in [0.1, 0.15) is 38.2 Å². The van der Waals surface area contributed by atoms with E-state index in [1.807, 2.05) is 24.3 Å². The summed E-state index contributed by atoms with van der Waals surface area (Å²) in [7, 11) is 0. The highest BCUT2D eigenvalue weighted by Gasteiger charge is 2.38. The van der Waals surface area contributed by atoms with Crippen molar-refractivity contribution >= 4 is 11.6 Å². The van der Waals surface area contributed by atoms with E-state index in [1.165, 1.54) is 0 Å². The molecular formula is C16H24N2O2. The van der Waals surface area contributed by atoms with Gasteiger partial charge in [-0.15, -0.1) is 0 Å². The van der Waals surface area contributed by atoms with Crippen molar-refractivity contribution in [1.29, 1.82) is 0 Å². The predicted octanol–water partition coefficient (Wildman–Crippen LogP) is 2.29. The third-order valence-corrected chi connectivity index (χ3v) is 4.12. The molecule has 0 spiro atoms. The standard InChI is InChI=1S/C16H24N2O2/c1-2-8-16(9-5-10-17-12-16)15(20)18-14-7-4-3-6-13(14)11-19/h3-4,6-7,17,19H,2,5,8-12H2,1H3,(H,18,20). The number of anilines is 1. The average molecular weight is 276 g/mol. The Morgan fingerprint density at radius 3 is 2.90 bits per heavy atom. The van der Waals surface area contributed by atoms with Crippen LogP contribution in [0, 0.1) is 5.41 Å². The fourth-order valence-electron chi connectivity index (χ4n) is 3.00. The van der Waals surface area contributed by atoms with Gasteiger partial charge in [-0.3, -0.25) is 4.79 Å². The first kappa shape index (κ1) is 15.0. The van der Waals surface area contributed by atoms with Crippen LogP contribution in [0.5, 0.6) is 0 Å². The predicted molar refractivity (Wildman–Crippen MR) is 80.4 cm³/mol. The molecule has 1 aromatic carbocycles. The monoisotopic (exact) mass is 276 g/mol. The normalized spacial score (nSPS) is 22.5. The van der Waals surface area contributed by atoms with E-state index in [0.717, 1.165) is 50.0 Å². The van der Waals surface area contributed by atoms with Gasteiger partial charge in [0.25, 0.3) is 0 Å². The second-order valence-electron chi connectivity index (χ2n) is 5.58. The molecule has 0 aromatic heterocycles. The van der Waals surface area contributed by atoms with Crippen molar-refractivity contribution in [2.24, 2.45) is 5.41 Å². The zero-order chi connectivity index (χ0) is 14.4. The molecule has 4 heteroatoms. The minimum Gasteiger partial charge on any atom is -0.392 e. The quantitative estimate of drug-likeness (QED) is 0.773. The number of rotatable bonds is 5. The summed E-state index contributed by atoms with van der Waals surface area (Å²) in [5, 5.41) is 15.7. The lowest BCUT2D eigenvalue weighted by atomic mass is 9.76. The fourth-order valence-corrected chi connectivity index (χ4v) is 3.00. The lowest BCUT2D eigenvalue weighted by molar-refractivity contribution is -0.127. The minimum atomic E-state index is -0.310. The largest absolute Gasteiger partial charge is 0.392 e. The van der Waals surface area contributed by atoms with Crippen LogP contribution in [0.15, 0.2) is 24.3 Å². The minimum absolute atomic E-state index is 0.0600. The topological polar surface area (TPSA) is 61.4 Å². The molecule has 4 nitrogen and oxygen atoms in total. The number of carbonyl (C=O) groups excluding carboxylic acids is 1. The summed E-state index contributed by atoms with van der Waals surface area (Å²) >= 11 is 0. The summed E-state index contributed by atoms with van der Waals surface area (Å²) in [5.41, 5.74) is 1.17. The molecule has 2 rings (SSSR count). The van der Waals surface area contributed by atoms with E-state index in [0.29, 0.717) is 0 Å². The Hall–Kier alpha value is -1.39. The maximum Gasteiger partial charge on any atom is 0.231 e. The Balaban J connectivity index is 2.16. The molecule has 0 radical (unpaired) electrons. The van der Waals surface area contributed by atoms with Crippen LogP contribution in [0.4, 0.5) is 5.69 Å². The van der Waals surface area contributed by atoms with Crippen molar-refractivity contribution in [3.05, 3.63) is 29.8 Å². The first-order valence-electron chi connectivity index (χ1n) is 7.43. The van der Waals surface area contributed by atoms with Gasteiger partial charge in [0.2, 0.25) is 5.91 Å². The molecule has 20 heavy (non-hydrogen) atoms. The van der Waals surface area contributed by atoms with Crippen LogP contribution < -0.4 is 10.6 Å². The van der Waals surface area contributed by atoms with Crippen molar-refractivity contribution in [3.63, 3.8) is 0 Å². The number of aliphatic hydroxyl groups is 1. The van der Waals surface area contributed by atoms with Crippen LogP contribution in [-0.2, 0) is 11.4 Å². The van der Waals surface area contributed by atoms with Crippen LogP contribution in [0.3, 0.4) is 0 Å². The molecule has 1 fully saturated rings. The Kier molecular flexibility index (Phi) is 5.15. The Morgan fingerprint density at radius 1 is 1.45 bits per heavy atom. The summed E-state index contributed by atoms with van der Waals surface area (Å²) in [6, 6.07) is 7.42. The lowest BCUT2D eigenvalue weighted by Gasteiger charge is -2.36. The Morgan fingerprint density at radius 2 is 2.25 bits per heavy atom. The van der Waals surface area contributed by atoms with Gasteiger partial charge in [0.1, 0.15) is 0 Å². The van der Waals surface area contributed by atoms with Crippen molar-refractivity contribution in [1.82, 2.24) is 5.32 Å². The van der Waals surface area contributed by atoms with Crippen molar-refractivity contribution in [2.45, 2.75) is 39.2 Å². The molecule has 110 valence electrons. The molecule has 3 N–H and O–H groups in total. The van der Waals surface area contributed by atoms with Gasteiger partial charge in [-0.2, -0.15) is 0 Å². The number of piperidine rings is 1. The number of amides is 1. The number of para-hydroxylation sites is 1. The third kappa shape index (κ3) is 3.19. The fraction of sp³-hybridized carbons (Fsp3) is 0.562. The van der Waals surface area contributed by atoms with Gasteiger partial charge in [-0.1, -0.05) is 31.5 Å². The van der Waals surface area contributed by atoms with E-state index in [4.69, 9.17) is 0 Å². The van der Waals surface area contributed by atoms with Crippen LogP contribution in [-0.4, -0.2) is 24.1 Å². The highest BCUT2D eigenvalue weighted by atomic mass is 16.3. The summed E-state index contributed by atoms with van der Waals surface area (Å²) < 4.78 is 0. The van der Waals surface area contributed by atoms with E-state index in [1.54, 1.807) is 0 Å². The first-order valence-corrected chi connectivity index (χ1v) is 7.43. The molecule has 1 atom stereocenters.